The van der Waals surface area contributed by atoms with Gasteiger partial charge in [0.2, 0.25) is 10.0 Å². The summed E-state index contributed by atoms with van der Waals surface area (Å²) in [6.07, 6.45) is 0.155. The summed E-state index contributed by atoms with van der Waals surface area (Å²) in [5, 5.41) is 0.850. The molecule has 1 saturated heterocycles. The number of rotatable bonds is 3. The molecule has 1 atom stereocenters. The SMILES string of the molecule is O=S1(=O)CCC(S(=O)(=O)Nc2cccc3ccccc23)C1. The van der Waals surface area contributed by atoms with Crippen LogP contribution in [0.2, 0.25) is 0 Å². The Labute approximate surface area is 124 Å². The van der Waals surface area contributed by atoms with E-state index < -0.39 is 25.1 Å². The Morgan fingerprint density at radius 2 is 1.76 bits per heavy atom. The van der Waals surface area contributed by atoms with Gasteiger partial charge in [0.1, 0.15) is 0 Å². The van der Waals surface area contributed by atoms with Gasteiger partial charge in [0.15, 0.2) is 9.84 Å². The lowest BCUT2D eigenvalue weighted by molar-refractivity contribution is 0.587. The minimum absolute atomic E-state index is 0.0614. The van der Waals surface area contributed by atoms with Gasteiger partial charge < -0.3 is 0 Å². The molecule has 0 bridgehead atoms. The average molecular weight is 325 g/mol. The van der Waals surface area contributed by atoms with Crippen LogP contribution < -0.4 is 4.72 Å². The molecule has 0 spiro atoms. The van der Waals surface area contributed by atoms with E-state index in [1.807, 2.05) is 30.3 Å². The second kappa shape index (κ2) is 4.99. The normalized spacial score (nSPS) is 21.4. The molecule has 0 aromatic heterocycles. The largest absolute Gasteiger partial charge is 0.283 e. The Bertz CT molecular complexity index is 883. The first-order chi connectivity index (χ1) is 9.87. The van der Waals surface area contributed by atoms with Crippen molar-refractivity contribution >= 4 is 36.3 Å². The molecular weight excluding hydrogens is 310 g/mol. The summed E-state index contributed by atoms with van der Waals surface area (Å²) in [5.74, 6) is -0.360. The highest BCUT2D eigenvalue weighted by Crippen LogP contribution is 2.26. The molecule has 5 nitrogen and oxygen atoms in total. The van der Waals surface area contributed by atoms with Crippen molar-refractivity contribution in [3.8, 4) is 0 Å². The number of nitrogens with one attached hydrogen (secondary N) is 1. The Hall–Kier alpha value is -1.60. The Kier molecular flexibility index (Phi) is 3.41. The zero-order valence-electron chi connectivity index (χ0n) is 11.2. The van der Waals surface area contributed by atoms with Gasteiger partial charge in [0, 0.05) is 5.39 Å². The number of sulfonamides is 1. The Morgan fingerprint density at radius 3 is 2.48 bits per heavy atom. The van der Waals surface area contributed by atoms with Crippen LogP contribution in [0.1, 0.15) is 6.42 Å². The van der Waals surface area contributed by atoms with Gasteiger partial charge >= 0.3 is 0 Å². The fraction of sp³-hybridized carbons (Fsp3) is 0.286. The molecule has 0 aliphatic carbocycles. The van der Waals surface area contributed by atoms with Crippen LogP contribution in [0.25, 0.3) is 10.8 Å². The van der Waals surface area contributed by atoms with Crippen LogP contribution in [-0.4, -0.2) is 33.6 Å². The summed E-state index contributed by atoms with van der Waals surface area (Å²) in [6.45, 7) is 0. The monoisotopic (exact) mass is 325 g/mol. The molecule has 3 rings (SSSR count). The number of fused-ring (bicyclic) bond motifs is 1. The van der Waals surface area contributed by atoms with Crippen LogP contribution in [0.4, 0.5) is 5.69 Å². The van der Waals surface area contributed by atoms with Crippen molar-refractivity contribution in [3.05, 3.63) is 42.5 Å². The molecule has 1 unspecified atom stereocenters. The van der Waals surface area contributed by atoms with Crippen LogP contribution in [0, 0.1) is 0 Å². The highest BCUT2D eigenvalue weighted by atomic mass is 32.2. The highest BCUT2D eigenvalue weighted by molar-refractivity contribution is 7.97. The zero-order chi connectivity index (χ0) is 15.1. The summed E-state index contributed by atoms with van der Waals surface area (Å²) in [6, 6.07) is 12.8. The van der Waals surface area contributed by atoms with Crippen LogP contribution in [0.3, 0.4) is 0 Å². The number of anilines is 1. The predicted molar refractivity (Wildman–Crippen MR) is 83.5 cm³/mol. The number of sulfone groups is 1. The predicted octanol–water partition coefficient (Wildman–Crippen LogP) is 1.77. The summed E-state index contributed by atoms with van der Waals surface area (Å²) < 4.78 is 50.2. The van der Waals surface area contributed by atoms with Crippen LogP contribution in [0.15, 0.2) is 42.5 Å². The molecule has 21 heavy (non-hydrogen) atoms. The van der Waals surface area contributed by atoms with Crippen LogP contribution in [0.5, 0.6) is 0 Å². The van der Waals surface area contributed by atoms with E-state index in [4.69, 9.17) is 0 Å². The fourth-order valence-electron chi connectivity index (χ4n) is 2.56. The first-order valence-electron chi connectivity index (χ1n) is 6.57. The molecule has 0 saturated carbocycles. The maximum atomic E-state index is 12.4. The number of hydrogen-bond donors (Lipinski definition) is 1. The van der Waals surface area contributed by atoms with E-state index in [0.717, 1.165) is 10.8 Å². The van der Waals surface area contributed by atoms with Gasteiger partial charge in [-0.2, -0.15) is 0 Å². The molecule has 1 N–H and O–H groups in total. The first-order valence-corrected chi connectivity index (χ1v) is 9.94. The summed E-state index contributed by atoms with van der Waals surface area (Å²) in [7, 11) is -6.94. The molecule has 1 aliphatic rings. The van der Waals surface area contributed by atoms with Gasteiger partial charge in [0.05, 0.1) is 22.4 Å². The third-order valence-corrected chi connectivity index (χ3v) is 7.43. The molecule has 7 heteroatoms. The highest BCUT2D eigenvalue weighted by Gasteiger charge is 2.37. The third kappa shape index (κ3) is 2.89. The van der Waals surface area contributed by atoms with Gasteiger partial charge in [-0.15, -0.1) is 0 Å². The zero-order valence-corrected chi connectivity index (χ0v) is 12.8. The lowest BCUT2D eigenvalue weighted by Gasteiger charge is -2.14. The van der Waals surface area contributed by atoms with Crippen molar-refractivity contribution in [1.29, 1.82) is 0 Å². The second-order valence-corrected chi connectivity index (χ2v) is 9.39. The maximum absolute atomic E-state index is 12.4. The van der Waals surface area contributed by atoms with E-state index in [2.05, 4.69) is 4.72 Å². The van der Waals surface area contributed by atoms with E-state index in [9.17, 15) is 16.8 Å². The van der Waals surface area contributed by atoms with E-state index in [0.29, 0.717) is 5.69 Å². The van der Waals surface area contributed by atoms with Crippen molar-refractivity contribution in [2.24, 2.45) is 0 Å². The van der Waals surface area contributed by atoms with E-state index >= 15 is 0 Å². The van der Waals surface area contributed by atoms with E-state index in [1.165, 1.54) is 0 Å². The van der Waals surface area contributed by atoms with Crippen molar-refractivity contribution < 1.29 is 16.8 Å². The minimum atomic E-state index is -3.70. The topological polar surface area (TPSA) is 80.3 Å². The molecule has 1 heterocycles. The summed E-state index contributed by atoms with van der Waals surface area (Å²) >= 11 is 0. The molecule has 2 aromatic carbocycles. The molecule has 0 amide bonds. The summed E-state index contributed by atoms with van der Waals surface area (Å²) in [5.41, 5.74) is 0.484. The third-order valence-electron chi connectivity index (χ3n) is 3.67. The number of benzene rings is 2. The van der Waals surface area contributed by atoms with Gasteiger partial charge in [-0.1, -0.05) is 36.4 Å². The van der Waals surface area contributed by atoms with Crippen molar-refractivity contribution in [1.82, 2.24) is 0 Å². The van der Waals surface area contributed by atoms with Crippen LogP contribution >= 0.6 is 0 Å². The number of hydrogen-bond acceptors (Lipinski definition) is 4. The maximum Gasteiger partial charge on any atom is 0.236 e. The van der Waals surface area contributed by atoms with Crippen molar-refractivity contribution in [2.75, 3.05) is 16.2 Å². The smallest absolute Gasteiger partial charge is 0.236 e. The molecule has 112 valence electrons. The lowest BCUT2D eigenvalue weighted by Crippen LogP contribution is -2.28. The molecular formula is C14H15NO4S2. The van der Waals surface area contributed by atoms with Gasteiger partial charge in [-0.3, -0.25) is 4.72 Å². The molecule has 0 radical (unpaired) electrons. The molecule has 2 aromatic rings. The first kappa shape index (κ1) is 14.3. The molecule has 1 aliphatic heterocycles. The Balaban J connectivity index is 1.95. The average Bonchev–Trinajstić information content (AvgIpc) is 2.80. The van der Waals surface area contributed by atoms with E-state index in [-0.39, 0.29) is 17.9 Å². The van der Waals surface area contributed by atoms with E-state index in [1.54, 1.807) is 12.1 Å². The standard InChI is InChI=1S/C14H15NO4S2/c16-20(17)9-8-12(10-20)21(18,19)15-14-7-3-5-11-4-1-2-6-13(11)14/h1-7,12,15H,8-10H2. The van der Waals surface area contributed by atoms with Gasteiger partial charge in [-0.05, 0) is 17.9 Å². The second-order valence-electron chi connectivity index (χ2n) is 5.20. The minimum Gasteiger partial charge on any atom is -0.283 e. The Morgan fingerprint density at radius 1 is 1.05 bits per heavy atom. The fourth-order valence-corrected chi connectivity index (χ4v) is 6.67. The van der Waals surface area contributed by atoms with Crippen LogP contribution in [-0.2, 0) is 19.9 Å². The quantitative estimate of drug-likeness (QED) is 0.932. The lowest BCUT2D eigenvalue weighted by atomic mass is 10.1. The summed E-state index contributed by atoms with van der Waals surface area (Å²) in [4.78, 5) is 0. The van der Waals surface area contributed by atoms with Gasteiger partial charge in [0.25, 0.3) is 0 Å². The van der Waals surface area contributed by atoms with Gasteiger partial charge in [-0.25, -0.2) is 16.8 Å². The van der Waals surface area contributed by atoms with Crippen molar-refractivity contribution in [3.63, 3.8) is 0 Å². The molecule has 1 fully saturated rings. The van der Waals surface area contributed by atoms with Crippen molar-refractivity contribution in [2.45, 2.75) is 11.7 Å².